The maximum absolute atomic E-state index is 10.5. The number of hydrogen-bond donors (Lipinski definition) is 2. The second-order valence-electron chi connectivity index (χ2n) is 11.0. The Balaban J connectivity index is 1.75. The standard InChI is InChI=1S/C28H38N2O2/c1-27(2,3)21-13-11-19(25(31)15-21)17-29-23-9-7-8-10-24(23)30-18-20-12-14-22(16-26(20)32)28(4,5)6/h11-18,23-24,31-32H,7-10H2,1-6H3/t23-,24-/m1/s1. The third-order valence-electron chi connectivity index (χ3n) is 6.30. The van der Waals surface area contributed by atoms with E-state index in [0.717, 1.165) is 47.9 Å². The maximum Gasteiger partial charge on any atom is 0.124 e. The van der Waals surface area contributed by atoms with Crippen LogP contribution in [-0.2, 0) is 10.8 Å². The fraction of sp³-hybridized carbons (Fsp3) is 0.500. The minimum Gasteiger partial charge on any atom is -0.507 e. The molecule has 1 fully saturated rings. The first-order valence-electron chi connectivity index (χ1n) is 11.7. The second-order valence-corrected chi connectivity index (χ2v) is 11.0. The van der Waals surface area contributed by atoms with Crippen LogP contribution in [0.1, 0.15) is 89.5 Å². The summed E-state index contributed by atoms with van der Waals surface area (Å²) < 4.78 is 0. The molecule has 0 aromatic heterocycles. The first-order chi connectivity index (χ1) is 14.9. The van der Waals surface area contributed by atoms with Crippen molar-refractivity contribution < 1.29 is 10.2 Å². The molecule has 32 heavy (non-hydrogen) atoms. The normalized spacial score (nSPS) is 20.3. The third-order valence-corrected chi connectivity index (χ3v) is 6.30. The van der Waals surface area contributed by atoms with Gasteiger partial charge in [-0.25, -0.2) is 0 Å². The molecule has 0 radical (unpaired) electrons. The van der Waals surface area contributed by atoms with Crippen molar-refractivity contribution in [2.75, 3.05) is 0 Å². The second kappa shape index (κ2) is 9.48. The number of phenolic OH excluding ortho intramolecular Hbond substituents is 2. The van der Waals surface area contributed by atoms with Crippen LogP contribution in [0.3, 0.4) is 0 Å². The summed E-state index contributed by atoms with van der Waals surface area (Å²) in [6.45, 7) is 12.8. The highest BCUT2D eigenvalue weighted by molar-refractivity contribution is 5.84. The zero-order valence-electron chi connectivity index (χ0n) is 20.4. The SMILES string of the molecule is CC(C)(C)c1ccc(C=N[C@@H]2CCCC[C@H]2N=Cc2ccc(C(C)(C)C)cc2O)c(O)c1. The molecule has 1 aliphatic carbocycles. The summed E-state index contributed by atoms with van der Waals surface area (Å²) in [7, 11) is 0. The van der Waals surface area contributed by atoms with Gasteiger partial charge in [0.15, 0.2) is 0 Å². The Morgan fingerprint density at radius 3 is 1.38 bits per heavy atom. The summed E-state index contributed by atoms with van der Waals surface area (Å²) in [5.74, 6) is 0.529. The molecule has 0 amide bonds. The molecule has 1 saturated carbocycles. The Labute approximate surface area is 193 Å². The molecule has 172 valence electrons. The van der Waals surface area contributed by atoms with Crippen molar-refractivity contribution in [3.05, 3.63) is 58.7 Å². The summed E-state index contributed by atoms with van der Waals surface area (Å²) >= 11 is 0. The Morgan fingerprint density at radius 1 is 0.688 bits per heavy atom. The van der Waals surface area contributed by atoms with Gasteiger partial charge in [-0.3, -0.25) is 9.98 Å². The number of hydrogen-bond acceptors (Lipinski definition) is 4. The van der Waals surface area contributed by atoms with Gasteiger partial charge in [-0.2, -0.15) is 0 Å². The van der Waals surface area contributed by atoms with Crippen LogP contribution < -0.4 is 0 Å². The molecular formula is C28H38N2O2. The summed E-state index contributed by atoms with van der Waals surface area (Å²) in [6.07, 6.45) is 7.80. The topological polar surface area (TPSA) is 65.2 Å². The smallest absolute Gasteiger partial charge is 0.124 e. The molecule has 0 spiro atoms. The van der Waals surface area contributed by atoms with Crippen molar-refractivity contribution >= 4 is 12.4 Å². The number of benzene rings is 2. The van der Waals surface area contributed by atoms with E-state index in [4.69, 9.17) is 9.98 Å². The van der Waals surface area contributed by atoms with Crippen molar-refractivity contribution in [2.24, 2.45) is 9.98 Å². The van der Waals surface area contributed by atoms with E-state index in [1.54, 1.807) is 12.4 Å². The van der Waals surface area contributed by atoms with Gasteiger partial charge in [0.1, 0.15) is 11.5 Å². The van der Waals surface area contributed by atoms with E-state index in [1.165, 1.54) is 0 Å². The summed E-state index contributed by atoms with van der Waals surface area (Å²) in [5.41, 5.74) is 3.66. The lowest BCUT2D eigenvalue weighted by Crippen LogP contribution is -2.27. The molecule has 2 N–H and O–H groups in total. The number of phenols is 2. The van der Waals surface area contributed by atoms with Crippen molar-refractivity contribution in [3.8, 4) is 11.5 Å². The number of nitrogens with zero attached hydrogens (tertiary/aromatic N) is 2. The molecule has 0 saturated heterocycles. The maximum atomic E-state index is 10.5. The summed E-state index contributed by atoms with van der Waals surface area (Å²) in [6, 6.07) is 11.8. The van der Waals surface area contributed by atoms with Gasteiger partial charge in [-0.05, 0) is 59.1 Å². The monoisotopic (exact) mass is 434 g/mol. The quantitative estimate of drug-likeness (QED) is 0.536. The van der Waals surface area contributed by atoms with E-state index in [-0.39, 0.29) is 34.4 Å². The largest absolute Gasteiger partial charge is 0.507 e. The van der Waals surface area contributed by atoms with Gasteiger partial charge in [0.2, 0.25) is 0 Å². The Hall–Kier alpha value is -2.62. The van der Waals surface area contributed by atoms with Crippen molar-refractivity contribution in [3.63, 3.8) is 0 Å². The van der Waals surface area contributed by atoms with Crippen LogP contribution >= 0.6 is 0 Å². The van der Waals surface area contributed by atoms with Gasteiger partial charge in [0, 0.05) is 23.6 Å². The molecule has 0 bridgehead atoms. The molecule has 2 aromatic rings. The molecule has 4 nitrogen and oxygen atoms in total. The molecule has 0 heterocycles. The van der Waals surface area contributed by atoms with Crippen LogP contribution in [0.4, 0.5) is 0 Å². The van der Waals surface area contributed by atoms with E-state index in [1.807, 2.05) is 24.3 Å². The fourth-order valence-corrected chi connectivity index (χ4v) is 4.03. The van der Waals surface area contributed by atoms with E-state index in [2.05, 4.69) is 53.7 Å². The fourth-order valence-electron chi connectivity index (χ4n) is 4.03. The molecule has 4 heteroatoms. The van der Waals surface area contributed by atoms with E-state index >= 15 is 0 Å². The average Bonchev–Trinajstić information content (AvgIpc) is 2.71. The Kier molecular flexibility index (Phi) is 7.12. The van der Waals surface area contributed by atoms with E-state index in [9.17, 15) is 10.2 Å². The zero-order valence-corrected chi connectivity index (χ0v) is 20.4. The van der Waals surface area contributed by atoms with Crippen LogP contribution in [0, 0.1) is 0 Å². The van der Waals surface area contributed by atoms with Crippen LogP contribution in [0.2, 0.25) is 0 Å². The molecule has 3 rings (SSSR count). The highest BCUT2D eigenvalue weighted by atomic mass is 16.3. The van der Waals surface area contributed by atoms with Crippen LogP contribution in [-0.4, -0.2) is 34.7 Å². The lowest BCUT2D eigenvalue weighted by atomic mass is 9.86. The van der Waals surface area contributed by atoms with Crippen LogP contribution in [0.15, 0.2) is 46.4 Å². The highest BCUT2D eigenvalue weighted by Gasteiger charge is 2.24. The van der Waals surface area contributed by atoms with Gasteiger partial charge >= 0.3 is 0 Å². The predicted molar refractivity (Wildman–Crippen MR) is 135 cm³/mol. The number of rotatable bonds is 4. The van der Waals surface area contributed by atoms with E-state index < -0.39 is 0 Å². The predicted octanol–water partition coefficient (Wildman–Crippen LogP) is 6.54. The van der Waals surface area contributed by atoms with E-state index in [0.29, 0.717) is 0 Å². The Morgan fingerprint density at radius 2 is 1.06 bits per heavy atom. The molecule has 2 aromatic carbocycles. The lowest BCUT2D eigenvalue weighted by molar-refractivity contribution is 0.390. The molecule has 0 unspecified atom stereocenters. The van der Waals surface area contributed by atoms with Gasteiger partial charge in [0.25, 0.3) is 0 Å². The van der Waals surface area contributed by atoms with Gasteiger partial charge in [-0.1, -0.05) is 66.5 Å². The number of aromatic hydroxyl groups is 2. The summed E-state index contributed by atoms with van der Waals surface area (Å²) in [4.78, 5) is 9.61. The minimum absolute atomic E-state index is 0.00697. The summed E-state index contributed by atoms with van der Waals surface area (Å²) in [5, 5.41) is 20.9. The van der Waals surface area contributed by atoms with Gasteiger partial charge < -0.3 is 10.2 Å². The van der Waals surface area contributed by atoms with Crippen LogP contribution in [0.5, 0.6) is 11.5 Å². The molecule has 2 atom stereocenters. The Bertz CT molecular complexity index is 912. The first-order valence-corrected chi connectivity index (χ1v) is 11.7. The third kappa shape index (κ3) is 5.99. The number of aliphatic imine (C=N–C) groups is 2. The van der Waals surface area contributed by atoms with Crippen molar-refractivity contribution in [1.29, 1.82) is 0 Å². The zero-order chi connectivity index (χ0) is 23.5. The van der Waals surface area contributed by atoms with Gasteiger partial charge in [0.05, 0.1) is 12.1 Å². The molecule has 0 aliphatic heterocycles. The lowest BCUT2D eigenvalue weighted by Gasteiger charge is -2.25. The van der Waals surface area contributed by atoms with Crippen molar-refractivity contribution in [1.82, 2.24) is 0 Å². The molecular weight excluding hydrogens is 396 g/mol. The van der Waals surface area contributed by atoms with Gasteiger partial charge in [-0.15, -0.1) is 0 Å². The average molecular weight is 435 g/mol. The van der Waals surface area contributed by atoms with Crippen molar-refractivity contribution in [2.45, 2.75) is 90.1 Å². The molecule has 1 aliphatic rings. The highest BCUT2D eigenvalue weighted by Crippen LogP contribution is 2.30. The minimum atomic E-state index is -0.00697. The first kappa shape index (κ1) is 24.0. The van der Waals surface area contributed by atoms with Crippen LogP contribution in [0.25, 0.3) is 0 Å².